The summed E-state index contributed by atoms with van der Waals surface area (Å²) in [6, 6.07) is 1.94. The van der Waals surface area contributed by atoms with Crippen molar-refractivity contribution in [2.24, 2.45) is 0 Å². The molecule has 0 aromatic carbocycles. The molecule has 2 rings (SSSR count). The molecule has 0 aliphatic heterocycles. The highest BCUT2D eigenvalue weighted by atomic mass is 15.3. The van der Waals surface area contributed by atoms with E-state index in [1.165, 1.54) is 5.56 Å². The van der Waals surface area contributed by atoms with Crippen molar-refractivity contribution in [1.82, 2.24) is 25.1 Å². The minimum Gasteiger partial charge on any atom is -0.313 e. The molecule has 0 bridgehead atoms. The van der Waals surface area contributed by atoms with Gasteiger partial charge >= 0.3 is 0 Å². The largest absolute Gasteiger partial charge is 0.313 e. The molecule has 5 heteroatoms. The molecule has 0 fully saturated rings. The molecule has 0 saturated heterocycles. The number of nitrogens with zero attached hydrogens (tertiary/aromatic N) is 4. The monoisotopic (exact) mass is 245 g/mol. The van der Waals surface area contributed by atoms with E-state index in [2.05, 4.69) is 34.2 Å². The molecule has 0 atom stereocenters. The topological polar surface area (TPSA) is 55.6 Å². The van der Waals surface area contributed by atoms with Crippen LogP contribution in [0.25, 0.3) is 5.82 Å². The van der Waals surface area contributed by atoms with Crippen molar-refractivity contribution < 1.29 is 0 Å². The first-order valence-corrected chi connectivity index (χ1v) is 6.18. The van der Waals surface area contributed by atoms with Gasteiger partial charge < -0.3 is 5.32 Å². The van der Waals surface area contributed by atoms with Gasteiger partial charge in [0.25, 0.3) is 0 Å². The van der Waals surface area contributed by atoms with Crippen LogP contribution in [0, 0.1) is 20.8 Å². The van der Waals surface area contributed by atoms with Crippen molar-refractivity contribution in [2.45, 2.75) is 34.2 Å². The summed E-state index contributed by atoms with van der Waals surface area (Å²) in [4.78, 5) is 8.38. The Balaban J connectivity index is 2.40. The van der Waals surface area contributed by atoms with Crippen LogP contribution in [0.2, 0.25) is 0 Å². The molecule has 96 valence electrons. The van der Waals surface area contributed by atoms with E-state index < -0.39 is 0 Å². The van der Waals surface area contributed by atoms with Gasteiger partial charge in [-0.05, 0) is 27.3 Å². The summed E-state index contributed by atoms with van der Waals surface area (Å²) >= 11 is 0. The summed E-state index contributed by atoms with van der Waals surface area (Å²) in [6.07, 6.45) is 1.57. The molecular weight excluding hydrogens is 226 g/mol. The zero-order chi connectivity index (χ0) is 13.1. The Labute approximate surface area is 107 Å². The maximum atomic E-state index is 4.56. The lowest BCUT2D eigenvalue weighted by Crippen LogP contribution is -2.13. The van der Waals surface area contributed by atoms with Crippen LogP contribution in [0.15, 0.2) is 12.4 Å². The summed E-state index contributed by atoms with van der Waals surface area (Å²) in [5.74, 6) is 0.825. The van der Waals surface area contributed by atoms with E-state index in [1.807, 2.05) is 24.6 Å². The van der Waals surface area contributed by atoms with Crippen molar-refractivity contribution in [3.05, 3.63) is 35.0 Å². The number of rotatable bonds is 4. The summed E-state index contributed by atoms with van der Waals surface area (Å²) in [5.41, 5.74) is 4.37. The second-order valence-corrected chi connectivity index (χ2v) is 4.36. The molecule has 0 spiro atoms. The van der Waals surface area contributed by atoms with Crippen LogP contribution in [0.4, 0.5) is 0 Å². The van der Waals surface area contributed by atoms with E-state index in [1.54, 1.807) is 6.33 Å². The Hall–Kier alpha value is -1.75. The molecule has 2 aromatic heterocycles. The highest BCUT2D eigenvalue weighted by Gasteiger charge is 2.12. The average Bonchev–Trinajstić information content (AvgIpc) is 2.63. The molecule has 18 heavy (non-hydrogen) atoms. The van der Waals surface area contributed by atoms with Gasteiger partial charge in [-0.25, -0.2) is 14.6 Å². The lowest BCUT2D eigenvalue weighted by Gasteiger charge is -2.05. The van der Waals surface area contributed by atoms with E-state index in [4.69, 9.17) is 0 Å². The second-order valence-electron chi connectivity index (χ2n) is 4.36. The molecule has 2 aromatic rings. The number of aromatic nitrogens is 4. The van der Waals surface area contributed by atoms with Gasteiger partial charge in [-0.15, -0.1) is 0 Å². The van der Waals surface area contributed by atoms with Gasteiger partial charge in [0.1, 0.15) is 6.33 Å². The third kappa shape index (κ3) is 2.41. The molecule has 0 aliphatic carbocycles. The van der Waals surface area contributed by atoms with Gasteiger partial charge in [-0.3, -0.25) is 0 Å². The van der Waals surface area contributed by atoms with Gasteiger partial charge in [0, 0.05) is 29.6 Å². The first kappa shape index (κ1) is 12.7. The number of aryl methyl sites for hydroxylation is 2. The Kier molecular flexibility index (Phi) is 3.72. The van der Waals surface area contributed by atoms with E-state index in [0.29, 0.717) is 0 Å². The lowest BCUT2D eigenvalue weighted by atomic mass is 10.2. The van der Waals surface area contributed by atoms with Gasteiger partial charge in [-0.1, -0.05) is 6.92 Å². The van der Waals surface area contributed by atoms with Crippen molar-refractivity contribution in [1.29, 1.82) is 0 Å². The van der Waals surface area contributed by atoms with Gasteiger partial charge in [0.2, 0.25) is 0 Å². The van der Waals surface area contributed by atoms with Crippen LogP contribution in [0.1, 0.15) is 29.6 Å². The zero-order valence-electron chi connectivity index (χ0n) is 11.4. The van der Waals surface area contributed by atoms with Crippen LogP contribution < -0.4 is 5.32 Å². The normalized spacial score (nSPS) is 10.9. The fourth-order valence-corrected chi connectivity index (χ4v) is 1.96. The van der Waals surface area contributed by atoms with Crippen molar-refractivity contribution in [3.63, 3.8) is 0 Å². The van der Waals surface area contributed by atoms with Crippen LogP contribution in [-0.4, -0.2) is 26.3 Å². The van der Waals surface area contributed by atoms with Gasteiger partial charge in [0.15, 0.2) is 5.82 Å². The fourth-order valence-electron chi connectivity index (χ4n) is 1.96. The van der Waals surface area contributed by atoms with E-state index >= 15 is 0 Å². The number of nitrogens with one attached hydrogen (secondary N) is 1. The Morgan fingerprint density at radius 2 is 2.00 bits per heavy atom. The minimum absolute atomic E-state index is 0.825. The van der Waals surface area contributed by atoms with E-state index in [-0.39, 0.29) is 0 Å². The first-order chi connectivity index (χ1) is 8.63. The summed E-state index contributed by atoms with van der Waals surface area (Å²) in [5, 5.41) is 7.90. The second kappa shape index (κ2) is 5.27. The molecule has 0 amide bonds. The summed E-state index contributed by atoms with van der Waals surface area (Å²) < 4.78 is 1.89. The van der Waals surface area contributed by atoms with Crippen LogP contribution in [0.3, 0.4) is 0 Å². The molecule has 0 aliphatic rings. The standard InChI is InChI=1S/C13H19N5/c1-5-14-7-12-10(3)17-18(11(12)4)13-6-9(2)15-8-16-13/h6,8,14H,5,7H2,1-4H3. The smallest absolute Gasteiger partial charge is 0.157 e. The third-order valence-electron chi connectivity index (χ3n) is 3.00. The van der Waals surface area contributed by atoms with Gasteiger partial charge in [-0.2, -0.15) is 5.10 Å². The number of hydrogen-bond donors (Lipinski definition) is 1. The van der Waals surface area contributed by atoms with E-state index in [9.17, 15) is 0 Å². The molecule has 0 radical (unpaired) electrons. The highest BCUT2D eigenvalue weighted by Crippen LogP contribution is 2.16. The Bertz CT molecular complexity index is 544. The lowest BCUT2D eigenvalue weighted by molar-refractivity contribution is 0.719. The zero-order valence-corrected chi connectivity index (χ0v) is 11.4. The van der Waals surface area contributed by atoms with Crippen molar-refractivity contribution >= 4 is 0 Å². The van der Waals surface area contributed by atoms with Crippen LogP contribution >= 0.6 is 0 Å². The van der Waals surface area contributed by atoms with Crippen molar-refractivity contribution in [2.75, 3.05) is 6.54 Å². The SMILES string of the molecule is CCNCc1c(C)nn(-c2cc(C)ncn2)c1C. The molecule has 5 nitrogen and oxygen atoms in total. The average molecular weight is 245 g/mol. The predicted molar refractivity (Wildman–Crippen MR) is 70.7 cm³/mol. The highest BCUT2D eigenvalue weighted by molar-refractivity contribution is 5.32. The maximum Gasteiger partial charge on any atom is 0.157 e. The Morgan fingerprint density at radius 1 is 1.22 bits per heavy atom. The predicted octanol–water partition coefficient (Wildman–Crippen LogP) is 1.70. The molecular formula is C13H19N5. The van der Waals surface area contributed by atoms with Crippen molar-refractivity contribution in [3.8, 4) is 5.82 Å². The summed E-state index contributed by atoms with van der Waals surface area (Å²) in [7, 11) is 0. The Morgan fingerprint density at radius 3 is 2.67 bits per heavy atom. The minimum atomic E-state index is 0.825. The maximum absolute atomic E-state index is 4.56. The summed E-state index contributed by atoms with van der Waals surface area (Å²) in [6.45, 7) is 9.96. The molecule has 0 saturated carbocycles. The molecule has 1 N–H and O–H groups in total. The van der Waals surface area contributed by atoms with E-state index in [0.717, 1.165) is 36.0 Å². The van der Waals surface area contributed by atoms with Gasteiger partial charge in [0.05, 0.1) is 5.69 Å². The fraction of sp³-hybridized carbons (Fsp3) is 0.462. The molecule has 2 heterocycles. The quantitative estimate of drug-likeness (QED) is 0.890. The van der Waals surface area contributed by atoms with Crippen LogP contribution in [-0.2, 0) is 6.54 Å². The molecule has 0 unspecified atom stereocenters. The first-order valence-electron chi connectivity index (χ1n) is 6.18. The third-order valence-corrected chi connectivity index (χ3v) is 3.00. The number of hydrogen-bond acceptors (Lipinski definition) is 4. The van der Waals surface area contributed by atoms with Crippen LogP contribution in [0.5, 0.6) is 0 Å².